The summed E-state index contributed by atoms with van der Waals surface area (Å²) in [4.78, 5) is 3.72. The number of nitrogens with zero attached hydrogens (tertiary/aromatic N) is 1. The van der Waals surface area contributed by atoms with Crippen molar-refractivity contribution in [3.8, 4) is 0 Å². The lowest BCUT2D eigenvalue weighted by Crippen LogP contribution is -2.14. The monoisotopic (exact) mass is 256 g/mol. The zero-order chi connectivity index (χ0) is 9.26. The van der Waals surface area contributed by atoms with E-state index in [2.05, 4.69) is 10.3 Å². The number of hydrogen-bond acceptors (Lipinski definition) is 2. The molecule has 1 saturated heterocycles. The van der Waals surface area contributed by atoms with Gasteiger partial charge in [0.2, 0.25) is 0 Å². The fraction of sp³-hybridized carbons (Fsp3) is 0.444. The van der Waals surface area contributed by atoms with E-state index in [1.807, 2.05) is 0 Å². The first-order chi connectivity index (χ1) is 6.25. The Morgan fingerprint density at radius 1 is 1.33 bits per heavy atom. The zero-order valence-electron chi connectivity index (χ0n) is 7.82. The number of rotatable bonds is 1. The van der Waals surface area contributed by atoms with Gasteiger partial charge in [0.15, 0.2) is 0 Å². The molecule has 0 radical (unpaired) electrons. The van der Waals surface area contributed by atoms with Gasteiger partial charge in [-0.1, -0.05) is 0 Å². The Morgan fingerprint density at radius 3 is 2.60 bits per heavy atom. The highest BCUT2D eigenvalue weighted by molar-refractivity contribution is 5.85. The largest absolute Gasteiger partial charge is 0.307 e. The van der Waals surface area contributed by atoms with Crippen LogP contribution in [0.4, 0.5) is 8.78 Å². The molecule has 0 unspecified atom stereocenters. The zero-order valence-corrected chi connectivity index (χ0v) is 9.45. The molecule has 0 aromatic carbocycles. The molecular weight excluding hydrogens is 245 g/mol. The maximum atomic E-state index is 12.8. The van der Waals surface area contributed by atoms with Crippen LogP contribution in [0.3, 0.4) is 0 Å². The molecular formula is C9H12Cl2F2N2. The molecule has 0 aliphatic carbocycles. The van der Waals surface area contributed by atoms with Gasteiger partial charge in [-0.25, -0.2) is 8.78 Å². The summed E-state index contributed by atoms with van der Waals surface area (Å²) in [5, 5.41) is 2.97. The smallest absolute Gasteiger partial charge is 0.141 e. The van der Waals surface area contributed by atoms with Crippen molar-refractivity contribution in [1.29, 1.82) is 0 Å². The van der Waals surface area contributed by atoms with Crippen molar-refractivity contribution in [1.82, 2.24) is 10.3 Å². The van der Waals surface area contributed by atoms with Crippen molar-refractivity contribution in [3.63, 3.8) is 0 Å². The van der Waals surface area contributed by atoms with E-state index in [0.717, 1.165) is 11.8 Å². The van der Waals surface area contributed by atoms with Gasteiger partial charge in [0.05, 0.1) is 6.20 Å². The number of halogens is 4. The Kier molecular flexibility index (Phi) is 6.02. The summed E-state index contributed by atoms with van der Waals surface area (Å²) in [6.45, 7) is 0.348. The average Bonchev–Trinajstić information content (AvgIpc) is 2.52. The van der Waals surface area contributed by atoms with Crippen LogP contribution in [0.15, 0.2) is 18.5 Å². The summed E-state index contributed by atoms with van der Waals surface area (Å²) in [6, 6.07) is 1.31. The molecule has 0 amide bonds. The number of hydrogen-bond donors (Lipinski definition) is 1. The molecule has 0 spiro atoms. The third-order valence-electron chi connectivity index (χ3n) is 2.21. The van der Waals surface area contributed by atoms with Gasteiger partial charge in [0.25, 0.3) is 0 Å². The quantitative estimate of drug-likeness (QED) is 0.835. The van der Waals surface area contributed by atoms with Crippen molar-refractivity contribution < 1.29 is 8.78 Å². The topological polar surface area (TPSA) is 24.9 Å². The molecule has 86 valence electrons. The Morgan fingerprint density at radius 2 is 2.07 bits per heavy atom. The summed E-state index contributed by atoms with van der Waals surface area (Å²) in [7, 11) is 0. The summed E-state index contributed by atoms with van der Waals surface area (Å²) in [5.74, 6) is -0.374. The van der Waals surface area contributed by atoms with Gasteiger partial charge in [-0.3, -0.25) is 4.98 Å². The fourth-order valence-electron chi connectivity index (χ4n) is 1.57. The van der Waals surface area contributed by atoms with Gasteiger partial charge in [-0.05, 0) is 18.1 Å². The van der Waals surface area contributed by atoms with Crippen molar-refractivity contribution in [2.75, 3.05) is 6.54 Å². The lowest BCUT2D eigenvalue weighted by molar-refractivity contribution is 0.356. The molecule has 1 aliphatic rings. The number of alkyl halides is 1. The standard InChI is InChI=1S/C9H10F2N2.2ClH/c10-7-1-6(3-12-4-7)9-2-8(11)5-13-9;;/h1,3-4,8-9,13H,2,5H2;2*1H/t8-,9+;;/m0../s1. The number of aromatic nitrogens is 1. The summed E-state index contributed by atoms with van der Waals surface area (Å²) in [6.07, 6.45) is 2.29. The lowest BCUT2D eigenvalue weighted by atomic mass is 10.1. The normalized spacial score (nSPS) is 24.1. The second-order valence-electron chi connectivity index (χ2n) is 3.23. The van der Waals surface area contributed by atoms with Gasteiger partial charge in [-0.2, -0.15) is 0 Å². The van der Waals surface area contributed by atoms with Crippen LogP contribution in [0.5, 0.6) is 0 Å². The predicted octanol–water partition coefficient (Wildman–Crippen LogP) is 2.44. The third-order valence-corrected chi connectivity index (χ3v) is 2.21. The van der Waals surface area contributed by atoms with E-state index in [1.165, 1.54) is 6.07 Å². The van der Waals surface area contributed by atoms with E-state index in [0.29, 0.717) is 13.0 Å². The maximum absolute atomic E-state index is 12.8. The minimum atomic E-state index is -0.826. The van der Waals surface area contributed by atoms with Crippen LogP contribution in [0.1, 0.15) is 18.0 Å². The second kappa shape index (κ2) is 6.20. The first-order valence-corrected chi connectivity index (χ1v) is 4.23. The van der Waals surface area contributed by atoms with Gasteiger partial charge in [0.1, 0.15) is 12.0 Å². The minimum absolute atomic E-state index is 0. The molecule has 2 rings (SSSR count). The number of pyridine rings is 1. The molecule has 1 aliphatic heterocycles. The maximum Gasteiger partial charge on any atom is 0.141 e. The Balaban J connectivity index is 0.000000980. The van der Waals surface area contributed by atoms with E-state index in [-0.39, 0.29) is 36.7 Å². The third kappa shape index (κ3) is 3.55. The van der Waals surface area contributed by atoms with Crippen molar-refractivity contribution in [3.05, 3.63) is 29.8 Å². The van der Waals surface area contributed by atoms with Crippen molar-refractivity contribution in [2.24, 2.45) is 0 Å². The van der Waals surface area contributed by atoms with E-state index in [9.17, 15) is 8.78 Å². The molecule has 1 aromatic heterocycles. The van der Waals surface area contributed by atoms with Crippen molar-refractivity contribution in [2.45, 2.75) is 18.6 Å². The van der Waals surface area contributed by atoms with Crippen LogP contribution < -0.4 is 5.32 Å². The summed E-state index contributed by atoms with van der Waals surface area (Å²) < 4.78 is 25.5. The van der Waals surface area contributed by atoms with E-state index in [1.54, 1.807) is 6.20 Å². The molecule has 15 heavy (non-hydrogen) atoms. The van der Waals surface area contributed by atoms with Gasteiger partial charge >= 0.3 is 0 Å². The van der Waals surface area contributed by atoms with E-state index >= 15 is 0 Å². The van der Waals surface area contributed by atoms with Crippen LogP contribution in [0, 0.1) is 5.82 Å². The molecule has 1 N–H and O–H groups in total. The molecule has 2 atom stereocenters. The minimum Gasteiger partial charge on any atom is -0.307 e. The van der Waals surface area contributed by atoms with Crippen LogP contribution in [-0.4, -0.2) is 17.7 Å². The lowest BCUT2D eigenvalue weighted by Gasteiger charge is -2.08. The highest BCUT2D eigenvalue weighted by Crippen LogP contribution is 2.24. The van der Waals surface area contributed by atoms with Crippen LogP contribution in [-0.2, 0) is 0 Å². The molecule has 1 fully saturated rings. The second-order valence-corrected chi connectivity index (χ2v) is 3.23. The highest BCUT2D eigenvalue weighted by Gasteiger charge is 2.24. The summed E-state index contributed by atoms with van der Waals surface area (Å²) in [5.41, 5.74) is 0.722. The molecule has 1 aromatic rings. The Labute approximate surface area is 99.3 Å². The van der Waals surface area contributed by atoms with E-state index < -0.39 is 6.17 Å². The fourth-order valence-corrected chi connectivity index (χ4v) is 1.57. The van der Waals surface area contributed by atoms with E-state index in [4.69, 9.17) is 0 Å². The van der Waals surface area contributed by atoms with Crippen LogP contribution >= 0.6 is 24.8 Å². The SMILES string of the molecule is Cl.Cl.Fc1cncc([C@H]2C[C@H](F)CN2)c1. The van der Waals surface area contributed by atoms with Gasteiger partial charge in [0, 0.05) is 18.8 Å². The number of nitrogens with one attached hydrogen (secondary N) is 1. The molecule has 2 heterocycles. The highest BCUT2D eigenvalue weighted by atomic mass is 35.5. The van der Waals surface area contributed by atoms with Crippen molar-refractivity contribution >= 4 is 24.8 Å². The first kappa shape index (κ1) is 14.6. The van der Waals surface area contributed by atoms with Gasteiger partial charge in [-0.15, -0.1) is 24.8 Å². The predicted molar refractivity (Wildman–Crippen MR) is 58.9 cm³/mol. The molecule has 0 bridgehead atoms. The van der Waals surface area contributed by atoms with Gasteiger partial charge < -0.3 is 5.32 Å². The molecule has 2 nitrogen and oxygen atoms in total. The van der Waals surface area contributed by atoms with Crippen LogP contribution in [0.25, 0.3) is 0 Å². The van der Waals surface area contributed by atoms with Crippen LogP contribution in [0.2, 0.25) is 0 Å². The molecule has 0 saturated carbocycles. The Hall–Kier alpha value is -0.450. The first-order valence-electron chi connectivity index (χ1n) is 4.23. The average molecular weight is 257 g/mol. The summed E-state index contributed by atoms with van der Waals surface area (Å²) >= 11 is 0. The molecule has 6 heteroatoms. The Bertz CT molecular complexity index is 312.